The number of amides is 1. The summed E-state index contributed by atoms with van der Waals surface area (Å²) < 4.78 is 37.5. The molecule has 1 amide bonds. The Morgan fingerprint density at radius 1 is 1.37 bits per heavy atom. The molecule has 5 nitrogen and oxygen atoms in total. The first-order valence-electron chi connectivity index (χ1n) is 5.15. The van der Waals surface area contributed by atoms with Crippen molar-refractivity contribution in [2.24, 2.45) is 0 Å². The maximum Gasteiger partial charge on any atom is 0.416 e. The Kier molecular flexibility index (Phi) is 3.16. The number of benzene rings is 1. The summed E-state index contributed by atoms with van der Waals surface area (Å²) in [5.74, 6) is -0.572. The van der Waals surface area contributed by atoms with Crippen molar-refractivity contribution < 1.29 is 18.0 Å². The number of nitrogens with zero attached hydrogens (tertiary/aromatic N) is 1. The van der Waals surface area contributed by atoms with Crippen molar-refractivity contribution in [2.75, 3.05) is 11.1 Å². The van der Waals surface area contributed by atoms with Crippen LogP contribution < -0.4 is 11.1 Å². The monoisotopic (exact) mass is 270 g/mol. The van der Waals surface area contributed by atoms with E-state index in [0.29, 0.717) is 0 Å². The van der Waals surface area contributed by atoms with Crippen LogP contribution in [0.4, 0.5) is 24.8 Å². The summed E-state index contributed by atoms with van der Waals surface area (Å²) >= 11 is 0. The quantitative estimate of drug-likeness (QED) is 0.782. The van der Waals surface area contributed by atoms with Gasteiger partial charge in [-0.1, -0.05) is 6.07 Å². The number of nitrogens with one attached hydrogen (secondary N) is 2. The van der Waals surface area contributed by atoms with Crippen molar-refractivity contribution in [1.29, 1.82) is 0 Å². The van der Waals surface area contributed by atoms with Crippen LogP contribution in [-0.4, -0.2) is 15.9 Å². The highest BCUT2D eigenvalue weighted by molar-refractivity contribution is 6.03. The minimum atomic E-state index is -4.46. The molecule has 0 atom stereocenters. The predicted octanol–water partition coefficient (Wildman–Crippen LogP) is 2.26. The number of hydrogen-bond donors (Lipinski definition) is 3. The number of H-pyrrole nitrogens is 1. The molecule has 0 aliphatic carbocycles. The van der Waals surface area contributed by atoms with Gasteiger partial charge in [0.05, 0.1) is 11.8 Å². The van der Waals surface area contributed by atoms with E-state index in [1.165, 1.54) is 18.3 Å². The largest absolute Gasteiger partial charge is 0.416 e. The lowest BCUT2D eigenvalue weighted by Crippen LogP contribution is -2.13. The summed E-state index contributed by atoms with van der Waals surface area (Å²) in [4.78, 5) is 17.8. The minimum Gasteiger partial charge on any atom is -0.369 e. The van der Waals surface area contributed by atoms with Gasteiger partial charge in [-0.3, -0.25) is 4.79 Å². The van der Waals surface area contributed by atoms with E-state index in [1.807, 2.05) is 0 Å². The van der Waals surface area contributed by atoms with Gasteiger partial charge in [-0.2, -0.15) is 13.2 Å². The van der Waals surface area contributed by atoms with Crippen molar-refractivity contribution >= 4 is 17.5 Å². The van der Waals surface area contributed by atoms with Crippen LogP contribution in [0.25, 0.3) is 0 Å². The molecule has 0 spiro atoms. The summed E-state index contributed by atoms with van der Waals surface area (Å²) in [5.41, 5.74) is 4.56. The van der Waals surface area contributed by atoms with E-state index < -0.39 is 17.6 Å². The maximum atomic E-state index is 12.5. The van der Waals surface area contributed by atoms with Gasteiger partial charge in [0.1, 0.15) is 5.69 Å². The molecule has 100 valence electrons. The van der Waals surface area contributed by atoms with E-state index in [0.717, 1.165) is 12.1 Å². The summed E-state index contributed by atoms with van der Waals surface area (Å²) in [6.45, 7) is 0. The highest BCUT2D eigenvalue weighted by Crippen LogP contribution is 2.30. The molecule has 1 aromatic heterocycles. The highest BCUT2D eigenvalue weighted by atomic mass is 19.4. The normalized spacial score (nSPS) is 11.3. The zero-order valence-corrected chi connectivity index (χ0v) is 9.45. The van der Waals surface area contributed by atoms with Crippen LogP contribution in [-0.2, 0) is 6.18 Å². The number of carbonyl (C=O) groups excluding carboxylic acids is 1. The summed E-state index contributed by atoms with van der Waals surface area (Å²) in [6.07, 6.45) is -3.27. The van der Waals surface area contributed by atoms with Crippen molar-refractivity contribution in [1.82, 2.24) is 9.97 Å². The topological polar surface area (TPSA) is 83.8 Å². The van der Waals surface area contributed by atoms with Crippen LogP contribution in [0.2, 0.25) is 0 Å². The van der Waals surface area contributed by atoms with Crippen molar-refractivity contribution in [3.05, 3.63) is 41.7 Å². The van der Waals surface area contributed by atoms with Crippen LogP contribution in [0.1, 0.15) is 16.1 Å². The maximum absolute atomic E-state index is 12.5. The minimum absolute atomic E-state index is 0.0352. The molecule has 1 aromatic carbocycles. The smallest absolute Gasteiger partial charge is 0.369 e. The first-order valence-corrected chi connectivity index (χ1v) is 5.15. The molecule has 0 saturated heterocycles. The van der Waals surface area contributed by atoms with E-state index in [9.17, 15) is 18.0 Å². The van der Waals surface area contributed by atoms with Gasteiger partial charge in [0.2, 0.25) is 0 Å². The van der Waals surface area contributed by atoms with Gasteiger partial charge in [0.15, 0.2) is 5.95 Å². The van der Waals surface area contributed by atoms with Gasteiger partial charge in [0.25, 0.3) is 5.91 Å². The van der Waals surface area contributed by atoms with E-state index in [-0.39, 0.29) is 17.3 Å². The summed E-state index contributed by atoms with van der Waals surface area (Å²) in [6, 6.07) is 4.33. The van der Waals surface area contributed by atoms with Crippen LogP contribution in [0.15, 0.2) is 30.5 Å². The van der Waals surface area contributed by atoms with Crippen molar-refractivity contribution in [3.8, 4) is 0 Å². The fourth-order valence-corrected chi connectivity index (χ4v) is 1.42. The molecule has 0 bridgehead atoms. The number of imidazole rings is 1. The van der Waals surface area contributed by atoms with Crippen LogP contribution in [0, 0.1) is 0 Å². The number of nitrogen functional groups attached to an aromatic ring is 1. The molecule has 0 aliphatic heterocycles. The number of hydrogen-bond acceptors (Lipinski definition) is 3. The van der Waals surface area contributed by atoms with Gasteiger partial charge in [-0.15, -0.1) is 0 Å². The molecule has 2 aromatic rings. The Hall–Kier alpha value is -2.51. The molecular formula is C11H9F3N4O. The van der Waals surface area contributed by atoms with Gasteiger partial charge in [-0.05, 0) is 18.2 Å². The molecule has 0 aliphatic rings. The van der Waals surface area contributed by atoms with Gasteiger partial charge >= 0.3 is 6.18 Å². The van der Waals surface area contributed by atoms with Gasteiger partial charge in [-0.25, -0.2) is 4.98 Å². The second-order valence-corrected chi connectivity index (χ2v) is 3.71. The van der Waals surface area contributed by atoms with E-state index in [4.69, 9.17) is 5.73 Å². The Balaban J connectivity index is 2.18. The molecule has 8 heteroatoms. The average Bonchev–Trinajstić information content (AvgIpc) is 2.75. The Morgan fingerprint density at radius 2 is 2.11 bits per heavy atom. The van der Waals surface area contributed by atoms with Crippen LogP contribution in [0.3, 0.4) is 0 Å². The van der Waals surface area contributed by atoms with E-state index in [2.05, 4.69) is 15.3 Å². The van der Waals surface area contributed by atoms with Crippen LogP contribution >= 0.6 is 0 Å². The molecule has 4 N–H and O–H groups in total. The summed E-state index contributed by atoms with van der Waals surface area (Å²) in [7, 11) is 0. The van der Waals surface area contributed by atoms with Gasteiger partial charge < -0.3 is 16.0 Å². The molecule has 19 heavy (non-hydrogen) atoms. The Bertz CT molecular complexity index is 606. The van der Waals surface area contributed by atoms with Crippen LogP contribution in [0.5, 0.6) is 0 Å². The number of halogens is 3. The molecule has 0 fully saturated rings. The fraction of sp³-hybridized carbons (Fsp3) is 0.0909. The second kappa shape index (κ2) is 4.63. The lowest BCUT2D eigenvalue weighted by molar-refractivity contribution is -0.137. The van der Waals surface area contributed by atoms with E-state index in [1.54, 1.807) is 0 Å². The van der Waals surface area contributed by atoms with E-state index >= 15 is 0 Å². The third-order valence-electron chi connectivity index (χ3n) is 2.29. The number of nitrogens with two attached hydrogens (primary N) is 1. The molecule has 0 unspecified atom stereocenters. The zero-order valence-electron chi connectivity index (χ0n) is 9.45. The SMILES string of the molecule is Nc1ncc(C(=O)Nc2cccc(C(F)(F)F)c2)[nH]1. The highest BCUT2D eigenvalue weighted by Gasteiger charge is 2.30. The Morgan fingerprint density at radius 3 is 2.68 bits per heavy atom. The molecule has 0 radical (unpaired) electrons. The number of rotatable bonds is 2. The van der Waals surface area contributed by atoms with Crippen molar-refractivity contribution in [2.45, 2.75) is 6.18 Å². The lowest BCUT2D eigenvalue weighted by atomic mass is 10.2. The summed E-state index contributed by atoms with van der Waals surface area (Å²) in [5, 5.41) is 2.32. The number of carbonyl (C=O) groups is 1. The first kappa shape index (κ1) is 12.9. The third kappa shape index (κ3) is 3.03. The predicted molar refractivity (Wildman–Crippen MR) is 62.4 cm³/mol. The molecular weight excluding hydrogens is 261 g/mol. The number of aromatic amines is 1. The third-order valence-corrected chi connectivity index (χ3v) is 2.29. The van der Waals surface area contributed by atoms with Crippen molar-refractivity contribution in [3.63, 3.8) is 0 Å². The van der Waals surface area contributed by atoms with Gasteiger partial charge in [0, 0.05) is 5.69 Å². The lowest BCUT2D eigenvalue weighted by Gasteiger charge is -2.09. The number of anilines is 2. The average molecular weight is 270 g/mol. The Labute approximate surface area is 105 Å². The number of aromatic nitrogens is 2. The first-order chi connectivity index (χ1) is 8.86. The molecule has 1 heterocycles. The number of alkyl halides is 3. The fourth-order valence-electron chi connectivity index (χ4n) is 1.42. The molecule has 0 saturated carbocycles. The second-order valence-electron chi connectivity index (χ2n) is 3.71. The zero-order chi connectivity index (χ0) is 14.0. The molecule has 2 rings (SSSR count). The standard InChI is InChI=1S/C11H9F3N4O/c12-11(13,14)6-2-1-3-7(4-6)17-9(19)8-5-16-10(15)18-8/h1-5H,(H,17,19)(H3,15,16,18).